The first-order valence-corrected chi connectivity index (χ1v) is 5.41. The molecule has 0 amide bonds. The minimum absolute atomic E-state index is 0.0275. The Bertz CT molecular complexity index is 555. The first-order chi connectivity index (χ1) is 8.66. The lowest BCUT2D eigenvalue weighted by atomic mass is 10.2. The highest BCUT2D eigenvalue weighted by atomic mass is 35.5. The first-order valence-electron chi connectivity index (χ1n) is 5.04. The van der Waals surface area contributed by atoms with Crippen molar-refractivity contribution in [2.24, 2.45) is 0 Å². The van der Waals surface area contributed by atoms with Gasteiger partial charge in [-0.1, -0.05) is 28.9 Å². The fourth-order valence-corrected chi connectivity index (χ4v) is 1.50. The van der Waals surface area contributed by atoms with Gasteiger partial charge in [0.05, 0.1) is 10.6 Å². The Morgan fingerprint density at radius 1 is 1.44 bits per heavy atom. The van der Waals surface area contributed by atoms with Crippen molar-refractivity contribution in [3.05, 3.63) is 35.1 Å². The molecule has 2 rings (SSSR count). The molecule has 0 radical (unpaired) electrons. The van der Waals surface area contributed by atoms with E-state index in [0.717, 1.165) is 0 Å². The summed E-state index contributed by atoms with van der Waals surface area (Å²) in [7, 11) is 0. The number of carboxylic acids is 1. The fourth-order valence-electron chi connectivity index (χ4n) is 1.29. The summed E-state index contributed by atoms with van der Waals surface area (Å²) in [5.41, 5.74) is 0.621. The molecule has 1 heterocycles. The number of halogens is 1. The molecule has 0 spiro atoms. The highest BCUT2D eigenvalue weighted by molar-refractivity contribution is 6.33. The van der Waals surface area contributed by atoms with Crippen LogP contribution in [0.5, 0.6) is 0 Å². The topological polar surface area (TPSA) is 85.5 Å². The molecule has 6 nitrogen and oxygen atoms in total. The van der Waals surface area contributed by atoms with E-state index in [-0.39, 0.29) is 18.3 Å². The van der Waals surface area contributed by atoms with Crippen molar-refractivity contribution in [3.8, 4) is 11.5 Å². The van der Waals surface area contributed by atoms with Gasteiger partial charge < -0.3 is 14.4 Å². The molecule has 0 fully saturated rings. The molecule has 7 heteroatoms. The third kappa shape index (κ3) is 3.06. The number of hydrogen-bond acceptors (Lipinski definition) is 5. The van der Waals surface area contributed by atoms with Gasteiger partial charge in [0.2, 0.25) is 0 Å². The van der Waals surface area contributed by atoms with Crippen LogP contribution in [0.2, 0.25) is 5.02 Å². The lowest BCUT2D eigenvalue weighted by Gasteiger charge is -1.96. The van der Waals surface area contributed by atoms with Crippen molar-refractivity contribution in [1.29, 1.82) is 0 Å². The van der Waals surface area contributed by atoms with Crippen LogP contribution in [0, 0.1) is 0 Å². The number of benzene rings is 1. The molecule has 1 aromatic heterocycles. The van der Waals surface area contributed by atoms with E-state index in [1.165, 1.54) is 0 Å². The van der Waals surface area contributed by atoms with Gasteiger partial charge in [-0.2, -0.15) is 4.98 Å². The van der Waals surface area contributed by atoms with Crippen molar-refractivity contribution in [1.82, 2.24) is 10.1 Å². The Morgan fingerprint density at radius 3 is 2.94 bits per heavy atom. The van der Waals surface area contributed by atoms with Crippen LogP contribution in [0.4, 0.5) is 0 Å². The fraction of sp³-hybridized carbons (Fsp3) is 0.182. The smallest absolute Gasteiger partial charge is 0.329 e. The van der Waals surface area contributed by atoms with E-state index >= 15 is 0 Å². The molecule has 0 aliphatic carbocycles. The quantitative estimate of drug-likeness (QED) is 0.892. The van der Waals surface area contributed by atoms with E-state index < -0.39 is 12.6 Å². The van der Waals surface area contributed by atoms with E-state index in [9.17, 15) is 4.79 Å². The SMILES string of the molecule is O=C(O)COCc1noc(-c2ccccc2Cl)n1. The van der Waals surface area contributed by atoms with E-state index in [4.69, 9.17) is 26.0 Å². The van der Waals surface area contributed by atoms with E-state index in [1.54, 1.807) is 24.3 Å². The summed E-state index contributed by atoms with van der Waals surface area (Å²) >= 11 is 5.98. The number of nitrogens with zero attached hydrogens (tertiary/aromatic N) is 2. The number of ether oxygens (including phenoxy) is 1. The van der Waals surface area contributed by atoms with Crippen LogP contribution in [0.15, 0.2) is 28.8 Å². The molecule has 94 valence electrons. The maximum Gasteiger partial charge on any atom is 0.329 e. The van der Waals surface area contributed by atoms with E-state index in [0.29, 0.717) is 10.6 Å². The van der Waals surface area contributed by atoms with Gasteiger partial charge in [0, 0.05) is 0 Å². The van der Waals surface area contributed by atoms with Gasteiger partial charge in [0.25, 0.3) is 5.89 Å². The normalized spacial score (nSPS) is 10.5. The number of rotatable bonds is 5. The van der Waals surface area contributed by atoms with E-state index in [1.807, 2.05) is 0 Å². The number of aliphatic carboxylic acids is 1. The molecule has 0 saturated carbocycles. The maximum absolute atomic E-state index is 10.3. The molecule has 1 N–H and O–H groups in total. The summed E-state index contributed by atoms with van der Waals surface area (Å²) in [6.45, 7) is -0.434. The number of carboxylic acid groups (broad SMARTS) is 1. The average molecular weight is 269 g/mol. The third-order valence-corrected chi connectivity index (χ3v) is 2.36. The van der Waals surface area contributed by atoms with Crippen LogP contribution < -0.4 is 0 Å². The van der Waals surface area contributed by atoms with Crippen molar-refractivity contribution in [2.75, 3.05) is 6.61 Å². The van der Waals surface area contributed by atoms with Crippen molar-refractivity contribution < 1.29 is 19.2 Å². The molecule has 0 unspecified atom stereocenters. The summed E-state index contributed by atoms with van der Waals surface area (Å²) < 4.78 is 9.86. The summed E-state index contributed by atoms with van der Waals surface area (Å²) in [5.74, 6) is -0.509. The second-order valence-corrected chi connectivity index (χ2v) is 3.79. The Kier molecular flexibility index (Phi) is 3.91. The van der Waals surface area contributed by atoms with Crippen LogP contribution in [0.25, 0.3) is 11.5 Å². The first kappa shape index (κ1) is 12.5. The highest BCUT2D eigenvalue weighted by Gasteiger charge is 2.11. The second-order valence-electron chi connectivity index (χ2n) is 3.38. The van der Waals surface area contributed by atoms with Crippen molar-refractivity contribution in [2.45, 2.75) is 6.61 Å². The standard InChI is InChI=1S/C11H9ClN2O4/c12-8-4-2-1-3-7(8)11-13-9(14-18-11)5-17-6-10(15)16/h1-4H,5-6H2,(H,15,16). The number of aromatic nitrogens is 2. The van der Waals surface area contributed by atoms with Crippen LogP contribution in [-0.2, 0) is 16.1 Å². The summed E-state index contributed by atoms with van der Waals surface area (Å²) in [5, 5.41) is 12.6. The molecular weight excluding hydrogens is 260 g/mol. The monoisotopic (exact) mass is 268 g/mol. The van der Waals surface area contributed by atoms with Crippen LogP contribution >= 0.6 is 11.6 Å². The van der Waals surface area contributed by atoms with Crippen LogP contribution in [0.1, 0.15) is 5.82 Å². The average Bonchev–Trinajstić information content (AvgIpc) is 2.78. The largest absolute Gasteiger partial charge is 0.480 e. The van der Waals surface area contributed by atoms with Gasteiger partial charge >= 0.3 is 5.97 Å². The Balaban J connectivity index is 2.06. The Hall–Kier alpha value is -1.92. The molecular formula is C11H9ClN2O4. The molecule has 0 saturated heterocycles. The van der Waals surface area contributed by atoms with Gasteiger partial charge in [-0.25, -0.2) is 4.79 Å². The zero-order chi connectivity index (χ0) is 13.0. The van der Waals surface area contributed by atoms with Crippen molar-refractivity contribution >= 4 is 17.6 Å². The molecule has 0 atom stereocenters. The minimum Gasteiger partial charge on any atom is -0.480 e. The lowest BCUT2D eigenvalue weighted by molar-refractivity contribution is -0.142. The lowest BCUT2D eigenvalue weighted by Crippen LogP contribution is -2.07. The Morgan fingerprint density at radius 2 is 2.22 bits per heavy atom. The zero-order valence-electron chi connectivity index (χ0n) is 9.17. The van der Waals surface area contributed by atoms with Gasteiger partial charge in [-0.15, -0.1) is 0 Å². The van der Waals surface area contributed by atoms with Crippen LogP contribution in [0.3, 0.4) is 0 Å². The molecule has 0 aliphatic heterocycles. The van der Waals surface area contributed by atoms with E-state index in [2.05, 4.69) is 10.1 Å². The third-order valence-electron chi connectivity index (χ3n) is 2.03. The number of carbonyl (C=O) groups is 1. The van der Waals surface area contributed by atoms with Crippen LogP contribution in [-0.4, -0.2) is 27.8 Å². The predicted molar refractivity (Wildman–Crippen MR) is 62.0 cm³/mol. The Labute approximate surface area is 107 Å². The minimum atomic E-state index is -1.05. The van der Waals surface area contributed by atoms with Gasteiger partial charge in [-0.3, -0.25) is 0 Å². The summed E-state index contributed by atoms with van der Waals surface area (Å²) in [4.78, 5) is 14.3. The molecule has 0 aliphatic rings. The van der Waals surface area contributed by atoms with Gasteiger partial charge in [-0.05, 0) is 12.1 Å². The maximum atomic E-state index is 10.3. The van der Waals surface area contributed by atoms with Crippen molar-refractivity contribution in [3.63, 3.8) is 0 Å². The molecule has 0 bridgehead atoms. The van der Waals surface area contributed by atoms with Gasteiger partial charge in [0.15, 0.2) is 5.82 Å². The number of hydrogen-bond donors (Lipinski definition) is 1. The summed E-state index contributed by atoms with van der Waals surface area (Å²) in [6, 6.07) is 7.05. The summed E-state index contributed by atoms with van der Waals surface area (Å²) in [6.07, 6.45) is 0. The molecule has 2 aromatic rings. The second kappa shape index (κ2) is 5.61. The highest BCUT2D eigenvalue weighted by Crippen LogP contribution is 2.25. The predicted octanol–water partition coefficient (Wildman–Crippen LogP) is 1.99. The zero-order valence-corrected chi connectivity index (χ0v) is 9.92. The molecule has 1 aromatic carbocycles. The van der Waals surface area contributed by atoms with Gasteiger partial charge in [0.1, 0.15) is 13.2 Å². The molecule has 18 heavy (non-hydrogen) atoms.